The molecule has 1 aliphatic heterocycles. The number of carbonyl (C=O) groups is 2. The molecule has 1 aromatic heterocycles. The van der Waals surface area contributed by atoms with Crippen molar-refractivity contribution in [3.8, 4) is 11.1 Å². The van der Waals surface area contributed by atoms with Crippen LogP contribution in [-0.4, -0.2) is 16.8 Å². The minimum atomic E-state index is -4.96. The molecule has 1 unspecified atom stereocenters. The monoisotopic (exact) mass is 507 g/mol. The molecule has 0 spiro atoms. The molecule has 0 aliphatic carbocycles. The van der Waals surface area contributed by atoms with Crippen LogP contribution < -0.4 is 11.1 Å². The van der Waals surface area contributed by atoms with E-state index in [1.165, 1.54) is 12.1 Å². The maximum Gasteiger partial charge on any atom is 0.416 e. The van der Waals surface area contributed by atoms with Gasteiger partial charge in [-0.1, -0.05) is 11.6 Å². The minimum Gasteiger partial charge on any atom is -0.443 e. The average Bonchev–Trinajstić information content (AvgIpc) is 3.38. The van der Waals surface area contributed by atoms with Crippen LogP contribution in [0.3, 0.4) is 0 Å². The van der Waals surface area contributed by atoms with Crippen molar-refractivity contribution in [1.29, 1.82) is 0 Å². The summed E-state index contributed by atoms with van der Waals surface area (Å²) in [7, 11) is 0. The van der Waals surface area contributed by atoms with Crippen LogP contribution in [0.2, 0.25) is 5.02 Å². The number of alkyl halides is 3. The van der Waals surface area contributed by atoms with Gasteiger partial charge in [-0.15, -0.1) is 0 Å². The van der Waals surface area contributed by atoms with Crippen LogP contribution in [0.1, 0.15) is 43.4 Å². The highest BCUT2D eigenvalue weighted by atomic mass is 35.5. The number of nitrogens with zero attached hydrogens (tertiary/aromatic N) is 1. The predicted molar refractivity (Wildman–Crippen MR) is 114 cm³/mol. The number of oxazole rings is 1. The molecule has 1 atom stereocenters. The van der Waals surface area contributed by atoms with Gasteiger partial charge in [0.2, 0.25) is 5.91 Å². The van der Waals surface area contributed by atoms with Crippen LogP contribution in [0, 0.1) is 11.6 Å². The van der Waals surface area contributed by atoms with E-state index in [2.05, 4.69) is 10.3 Å². The number of hydrogen-bond acceptors (Lipinski definition) is 4. The second kappa shape index (κ2) is 7.77. The van der Waals surface area contributed by atoms with Crippen molar-refractivity contribution in [2.75, 3.05) is 0 Å². The summed E-state index contributed by atoms with van der Waals surface area (Å²) < 4.78 is 74.6. The van der Waals surface area contributed by atoms with E-state index in [0.29, 0.717) is 6.07 Å². The Balaban J connectivity index is 1.89. The molecular weight excluding hydrogens is 497 g/mol. The highest BCUT2D eigenvalue weighted by Gasteiger charge is 2.39. The standard InChI is InChI=1S/C23H11ClF5N3O3/c24-13-2-1-9(25)5-10(13)19-17-11(6-15-20(35-7-31-15)18(17)22(34)32-19)16-12(21(30)33)3-8(4-14(16)26)23(27,28)29/h1-7,19H,(H2,30,33)(H,32,34). The van der Waals surface area contributed by atoms with E-state index >= 15 is 4.39 Å². The Labute approximate surface area is 197 Å². The fourth-order valence-electron chi connectivity index (χ4n) is 4.23. The number of amides is 2. The van der Waals surface area contributed by atoms with E-state index in [4.69, 9.17) is 21.8 Å². The number of rotatable bonds is 3. The van der Waals surface area contributed by atoms with Crippen LogP contribution in [0.4, 0.5) is 22.0 Å². The van der Waals surface area contributed by atoms with Gasteiger partial charge in [0.25, 0.3) is 5.91 Å². The number of aromatic nitrogens is 1. The third kappa shape index (κ3) is 3.59. The Morgan fingerprint density at radius 1 is 1.11 bits per heavy atom. The average molecular weight is 508 g/mol. The van der Waals surface area contributed by atoms with Crippen LogP contribution >= 0.6 is 11.6 Å². The molecule has 5 rings (SSSR count). The van der Waals surface area contributed by atoms with Crippen LogP contribution in [0.25, 0.3) is 22.2 Å². The molecule has 3 aromatic carbocycles. The number of nitrogens with one attached hydrogen (secondary N) is 1. The smallest absolute Gasteiger partial charge is 0.416 e. The van der Waals surface area contributed by atoms with Crippen molar-refractivity contribution < 1.29 is 36.0 Å². The first kappa shape index (κ1) is 22.8. The third-order valence-electron chi connectivity index (χ3n) is 5.68. The van der Waals surface area contributed by atoms with Gasteiger partial charge in [0, 0.05) is 21.7 Å². The van der Waals surface area contributed by atoms with E-state index in [-0.39, 0.29) is 44.4 Å². The van der Waals surface area contributed by atoms with Gasteiger partial charge in [0.05, 0.1) is 22.7 Å². The van der Waals surface area contributed by atoms with Crippen LogP contribution in [0.5, 0.6) is 0 Å². The molecule has 178 valence electrons. The SMILES string of the molecule is NC(=O)c1cc(C(F)(F)F)cc(F)c1-c1cc2ncoc2c2c1C(c1cc(F)ccc1Cl)NC2=O. The number of carbonyl (C=O) groups excluding carboxylic acids is 2. The van der Waals surface area contributed by atoms with Crippen molar-refractivity contribution >= 4 is 34.5 Å². The quantitative estimate of drug-likeness (QED) is 0.364. The van der Waals surface area contributed by atoms with E-state index in [9.17, 15) is 27.2 Å². The second-order valence-corrected chi connectivity index (χ2v) is 8.14. The fourth-order valence-corrected chi connectivity index (χ4v) is 4.46. The van der Waals surface area contributed by atoms with Gasteiger partial charge in [-0.25, -0.2) is 13.8 Å². The fraction of sp³-hybridized carbons (Fsp3) is 0.0870. The Morgan fingerprint density at radius 3 is 2.54 bits per heavy atom. The largest absolute Gasteiger partial charge is 0.443 e. The van der Waals surface area contributed by atoms with Crippen LogP contribution in [0.15, 0.2) is 47.2 Å². The zero-order chi connectivity index (χ0) is 25.2. The second-order valence-electron chi connectivity index (χ2n) is 7.73. The molecule has 3 N–H and O–H groups in total. The number of primary amides is 1. The summed E-state index contributed by atoms with van der Waals surface area (Å²) in [5, 5.41) is 2.66. The highest BCUT2D eigenvalue weighted by molar-refractivity contribution is 6.31. The summed E-state index contributed by atoms with van der Waals surface area (Å²) in [6.07, 6.45) is -3.95. The normalized spacial score (nSPS) is 15.4. The molecule has 0 saturated heterocycles. The molecular formula is C23H11ClF5N3O3. The lowest BCUT2D eigenvalue weighted by Gasteiger charge is -2.20. The van der Waals surface area contributed by atoms with Gasteiger partial charge in [0.15, 0.2) is 12.0 Å². The molecule has 0 radical (unpaired) electrons. The van der Waals surface area contributed by atoms with Gasteiger partial charge in [-0.2, -0.15) is 13.2 Å². The zero-order valence-electron chi connectivity index (χ0n) is 17.1. The van der Waals surface area contributed by atoms with Crippen molar-refractivity contribution in [2.24, 2.45) is 5.73 Å². The maximum atomic E-state index is 15.3. The molecule has 35 heavy (non-hydrogen) atoms. The summed E-state index contributed by atoms with van der Waals surface area (Å²) in [5.74, 6) is -4.14. The molecule has 0 saturated carbocycles. The lowest BCUT2D eigenvalue weighted by molar-refractivity contribution is -0.137. The van der Waals surface area contributed by atoms with Gasteiger partial charge < -0.3 is 15.5 Å². The first-order valence-corrected chi connectivity index (χ1v) is 10.2. The first-order valence-electron chi connectivity index (χ1n) is 9.84. The lowest BCUT2D eigenvalue weighted by atomic mass is 9.86. The number of halogens is 6. The number of fused-ring (bicyclic) bond motifs is 3. The van der Waals surface area contributed by atoms with Gasteiger partial charge >= 0.3 is 6.18 Å². The van der Waals surface area contributed by atoms with Gasteiger partial charge in [-0.05, 0) is 42.0 Å². The summed E-state index contributed by atoms with van der Waals surface area (Å²) in [6.45, 7) is 0. The summed E-state index contributed by atoms with van der Waals surface area (Å²) in [4.78, 5) is 29.1. The molecule has 6 nitrogen and oxygen atoms in total. The molecule has 1 aliphatic rings. The van der Waals surface area contributed by atoms with E-state index in [0.717, 1.165) is 18.5 Å². The van der Waals surface area contributed by atoms with E-state index < -0.39 is 52.4 Å². The Kier molecular flexibility index (Phi) is 5.06. The van der Waals surface area contributed by atoms with Gasteiger partial charge in [0.1, 0.15) is 17.2 Å². The molecule has 2 heterocycles. The van der Waals surface area contributed by atoms with Gasteiger partial charge in [-0.3, -0.25) is 9.59 Å². The number of benzene rings is 3. The van der Waals surface area contributed by atoms with E-state index in [1.54, 1.807) is 0 Å². The summed E-state index contributed by atoms with van der Waals surface area (Å²) >= 11 is 6.24. The zero-order valence-corrected chi connectivity index (χ0v) is 17.9. The molecule has 4 aromatic rings. The molecule has 0 bridgehead atoms. The van der Waals surface area contributed by atoms with Crippen molar-refractivity contribution in [2.45, 2.75) is 12.2 Å². The molecule has 12 heteroatoms. The summed E-state index contributed by atoms with van der Waals surface area (Å²) in [5.41, 5.74) is 2.43. The lowest BCUT2D eigenvalue weighted by Crippen LogP contribution is -2.21. The Morgan fingerprint density at radius 2 is 1.86 bits per heavy atom. The summed E-state index contributed by atoms with van der Waals surface area (Å²) in [6, 6.07) is 4.11. The molecule has 2 amide bonds. The van der Waals surface area contributed by atoms with Crippen molar-refractivity contribution in [3.63, 3.8) is 0 Å². The Bertz CT molecular complexity index is 1560. The maximum absolute atomic E-state index is 15.3. The third-order valence-corrected chi connectivity index (χ3v) is 6.02. The Hall–Kier alpha value is -3.99. The predicted octanol–water partition coefficient (Wildman–Crippen LogP) is 5.38. The highest BCUT2D eigenvalue weighted by Crippen LogP contribution is 2.46. The molecule has 0 fully saturated rings. The van der Waals surface area contributed by atoms with Crippen LogP contribution in [-0.2, 0) is 6.18 Å². The van der Waals surface area contributed by atoms with Crippen molar-refractivity contribution in [1.82, 2.24) is 10.3 Å². The first-order chi connectivity index (χ1) is 16.5. The topological polar surface area (TPSA) is 98.2 Å². The number of hydrogen-bond donors (Lipinski definition) is 2. The minimum absolute atomic E-state index is 0.00391. The van der Waals surface area contributed by atoms with Crippen molar-refractivity contribution in [3.05, 3.63) is 87.3 Å². The van der Waals surface area contributed by atoms with E-state index in [1.807, 2.05) is 0 Å². The number of nitrogens with two attached hydrogens (primary N) is 1.